The summed E-state index contributed by atoms with van der Waals surface area (Å²) in [6, 6.07) is 0.424. The zero-order valence-corrected chi connectivity index (χ0v) is 12.5. The number of likely N-dealkylation sites (tertiary alicyclic amines) is 1. The summed E-state index contributed by atoms with van der Waals surface area (Å²) in [6.07, 6.45) is 2.00. The summed E-state index contributed by atoms with van der Waals surface area (Å²) >= 11 is 0. The molecule has 1 aliphatic heterocycles. The highest BCUT2D eigenvalue weighted by atomic mass is 32.2. The van der Waals surface area contributed by atoms with Crippen LogP contribution in [0.1, 0.15) is 27.2 Å². The number of hydrogen-bond donors (Lipinski definition) is 1. The number of sulfone groups is 1. The van der Waals surface area contributed by atoms with Crippen LogP contribution in [0, 0.1) is 5.92 Å². The molecule has 1 heterocycles. The van der Waals surface area contributed by atoms with Gasteiger partial charge in [0.2, 0.25) is 5.91 Å². The molecule has 1 amide bonds. The molecule has 0 radical (unpaired) electrons. The Hall–Kier alpha value is -0.620. The van der Waals surface area contributed by atoms with Crippen LogP contribution in [0.5, 0.6) is 0 Å². The fraction of sp³-hybridized carbons (Fsp3) is 0.917. The van der Waals surface area contributed by atoms with Crippen molar-refractivity contribution in [1.82, 2.24) is 10.2 Å². The molecule has 0 aromatic heterocycles. The molecular weight excluding hydrogens is 252 g/mol. The van der Waals surface area contributed by atoms with Gasteiger partial charge >= 0.3 is 0 Å². The molecule has 5 nitrogen and oxygen atoms in total. The molecule has 3 atom stereocenters. The van der Waals surface area contributed by atoms with Crippen molar-refractivity contribution >= 4 is 15.7 Å². The predicted molar refractivity (Wildman–Crippen MR) is 72.1 cm³/mol. The van der Waals surface area contributed by atoms with Crippen LogP contribution in [0.25, 0.3) is 0 Å². The van der Waals surface area contributed by atoms with Crippen molar-refractivity contribution in [2.24, 2.45) is 5.92 Å². The molecule has 0 bridgehead atoms. The largest absolute Gasteiger partial charge is 0.341 e. The van der Waals surface area contributed by atoms with Crippen molar-refractivity contribution in [3.8, 4) is 0 Å². The lowest BCUT2D eigenvalue weighted by molar-refractivity contribution is -0.132. The molecule has 106 valence electrons. The molecule has 1 rings (SSSR count). The lowest BCUT2D eigenvalue weighted by atomic mass is 9.93. The maximum absolute atomic E-state index is 12.1. The molecule has 6 heteroatoms. The van der Waals surface area contributed by atoms with Crippen molar-refractivity contribution in [2.45, 2.75) is 38.5 Å². The second-order valence-electron chi connectivity index (χ2n) is 5.19. The Kier molecular flexibility index (Phi) is 5.16. The maximum atomic E-state index is 12.1. The Morgan fingerprint density at radius 1 is 1.50 bits per heavy atom. The summed E-state index contributed by atoms with van der Waals surface area (Å²) in [5, 5.41) is 2.47. The number of nitrogens with one attached hydrogen (secondary N) is 1. The van der Waals surface area contributed by atoms with Crippen molar-refractivity contribution in [3.05, 3.63) is 0 Å². The van der Waals surface area contributed by atoms with E-state index in [0.29, 0.717) is 25.0 Å². The summed E-state index contributed by atoms with van der Waals surface area (Å²) in [5.41, 5.74) is 0. The van der Waals surface area contributed by atoms with Gasteiger partial charge in [-0.05, 0) is 25.8 Å². The summed E-state index contributed by atoms with van der Waals surface area (Å²) in [6.45, 7) is 7.83. The molecule has 1 fully saturated rings. The predicted octanol–water partition coefficient (Wildman–Crippen LogP) is 0.266. The first kappa shape index (κ1) is 15.4. The van der Waals surface area contributed by atoms with Gasteiger partial charge < -0.3 is 10.2 Å². The van der Waals surface area contributed by atoms with Gasteiger partial charge in [0.25, 0.3) is 0 Å². The Bertz CT molecular complexity index is 394. The standard InChI is InChI=1S/C12H24N2O3S/c1-5-13-11-6-7-14(8-9(11)2)12(15)10(3)18(4,16)17/h9-11,13H,5-8H2,1-4H3. The third kappa shape index (κ3) is 3.68. The first-order valence-electron chi connectivity index (χ1n) is 6.48. The fourth-order valence-corrected chi connectivity index (χ4v) is 2.87. The van der Waals surface area contributed by atoms with Gasteiger partial charge in [-0.1, -0.05) is 13.8 Å². The van der Waals surface area contributed by atoms with E-state index >= 15 is 0 Å². The van der Waals surface area contributed by atoms with Crippen LogP contribution in [0.15, 0.2) is 0 Å². The first-order chi connectivity index (χ1) is 8.27. The summed E-state index contributed by atoms with van der Waals surface area (Å²) < 4.78 is 22.8. The van der Waals surface area contributed by atoms with Crippen molar-refractivity contribution in [3.63, 3.8) is 0 Å². The van der Waals surface area contributed by atoms with E-state index < -0.39 is 15.1 Å². The average Bonchev–Trinajstić information content (AvgIpc) is 2.29. The third-order valence-corrected chi connectivity index (χ3v) is 5.16. The van der Waals surface area contributed by atoms with Crippen LogP contribution in [-0.2, 0) is 14.6 Å². The van der Waals surface area contributed by atoms with Gasteiger partial charge in [0.05, 0.1) is 0 Å². The second-order valence-corrected chi connectivity index (χ2v) is 7.55. The van der Waals surface area contributed by atoms with Crippen LogP contribution in [0.3, 0.4) is 0 Å². The summed E-state index contributed by atoms with van der Waals surface area (Å²) in [4.78, 5) is 13.8. The van der Waals surface area contributed by atoms with E-state index in [1.54, 1.807) is 4.90 Å². The Labute approximate surface area is 110 Å². The number of carbonyl (C=O) groups excluding carboxylic acids is 1. The highest BCUT2D eigenvalue weighted by molar-refractivity contribution is 7.92. The molecule has 0 saturated carbocycles. The second kappa shape index (κ2) is 6.02. The van der Waals surface area contributed by atoms with E-state index in [1.807, 2.05) is 0 Å². The smallest absolute Gasteiger partial charge is 0.240 e. The van der Waals surface area contributed by atoms with Gasteiger partial charge in [-0.25, -0.2) is 8.42 Å². The maximum Gasteiger partial charge on any atom is 0.240 e. The SMILES string of the molecule is CCNC1CCN(C(=O)C(C)S(C)(=O)=O)CC1C. The first-order valence-corrected chi connectivity index (χ1v) is 8.43. The fourth-order valence-electron chi connectivity index (χ4n) is 2.35. The summed E-state index contributed by atoms with van der Waals surface area (Å²) in [7, 11) is -3.30. The van der Waals surface area contributed by atoms with Crippen LogP contribution < -0.4 is 5.32 Å². The van der Waals surface area contributed by atoms with E-state index in [2.05, 4.69) is 19.2 Å². The number of nitrogens with zero attached hydrogens (tertiary/aromatic N) is 1. The summed E-state index contributed by atoms with van der Waals surface area (Å²) in [5.74, 6) is 0.0914. The van der Waals surface area contributed by atoms with Gasteiger partial charge in [-0.15, -0.1) is 0 Å². The Morgan fingerprint density at radius 3 is 2.56 bits per heavy atom. The number of hydrogen-bond acceptors (Lipinski definition) is 4. The quantitative estimate of drug-likeness (QED) is 0.800. The molecule has 1 aliphatic rings. The zero-order chi connectivity index (χ0) is 13.9. The van der Waals surface area contributed by atoms with Crippen LogP contribution in [-0.4, -0.2) is 56.4 Å². The lowest BCUT2D eigenvalue weighted by Gasteiger charge is -2.38. The number of piperidine rings is 1. The number of rotatable bonds is 4. The molecular formula is C12H24N2O3S. The molecule has 1 N–H and O–H groups in total. The van der Waals surface area contributed by atoms with Gasteiger partial charge in [-0.3, -0.25) is 4.79 Å². The minimum absolute atomic E-state index is 0.265. The van der Waals surface area contributed by atoms with Gasteiger partial charge in [0.15, 0.2) is 9.84 Å². The highest BCUT2D eigenvalue weighted by Gasteiger charge is 2.33. The Morgan fingerprint density at radius 2 is 2.11 bits per heavy atom. The normalized spacial score (nSPS) is 27.0. The molecule has 18 heavy (non-hydrogen) atoms. The lowest BCUT2D eigenvalue weighted by Crippen LogP contribution is -2.52. The van der Waals surface area contributed by atoms with E-state index in [4.69, 9.17) is 0 Å². The number of amides is 1. The molecule has 3 unspecified atom stereocenters. The van der Waals surface area contributed by atoms with Crippen LogP contribution in [0.2, 0.25) is 0 Å². The van der Waals surface area contributed by atoms with Gasteiger partial charge in [0.1, 0.15) is 5.25 Å². The molecule has 0 spiro atoms. The minimum Gasteiger partial charge on any atom is -0.341 e. The number of carbonyl (C=O) groups is 1. The minimum atomic E-state index is -3.30. The van der Waals surface area contributed by atoms with Crippen LogP contribution in [0.4, 0.5) is 0 Å². The van der Waals surface area contributed by atoms with Crippen LogP contribution >= 0.6 is 0 Å². The zero-order valence-electron chi connectivity index (χ0n) is 11.6. The van der Waals surface area contributed by atoms with E-state index in [-0.39, 0.29) is 5.91 Å². The van der Waals surface area contributed by atoms with Crippen molar-refractivity contribution in [2.75, 3.05) is 25.9 Å². The van der Waals surface area contributed by atoms with Gasteiger partial charge in [0, 0.05) is 25.4 Å². The van der Waals surface area contributed by atoms with Gasteiger partial charge in [-0.2, -0.15) is 0 Å². The molecule has 1 saturated heterocycles. The van der Waals surface area contributed by atoms with E-state index in [0.717, 1.165) is 19.2 Å². The molecule has 0 aromatic carbocycles. The molecule has 0 aliphatic carbocycles. The van der Waals surface area contributed by atoms with E-state index in [9.17, 15) is 13.2 Å². The van der Waals surface area contributed by atoms with Crippen molar-refractivity contribution < 1.29 is 13.2 Å². The average molecular weight is 276 g/mol. The highest BCUT2D eigenvalue weighted by Crippen LogP contribution is 2.18. The third-order valence-electron chi connectivity index (χ3n) is 3.67. The monoisotopic (exact) mass is 276 g/mol. The van der Waals surface area contributed by atoms with Crippen molar-refractivity contribution in [1.29, 1.82) is 0 Å². The Balaban J connectivity index is 2.64. The van der Waals surface area contributed by atoms with E-state index in [1.165, 1.54) is 6.92 Å². The topological polar surface area (TPSA) is 66.5 Å². The molecule has 0 aromatic rings.